The van der Waals surface area contributed by atoms with Crippen LogP contribution in [0, 0.1) is 13.8 Å². The Morgan fingerprint density at radius 2 is 1.96 bits per heavy atom. The first-order valence-corrected chi connectivity index (χ1v) is 8.88. The molecule has 0 saturated carbocycles. The van der Waals surface area contributed by atoms with E-state index in [0.717, 1.165) is 48.9 Å². The predicted octanol–water partition coefficient (Wildman–Crippen LogP) is 1.31. The van der Waals surface area contributed by atoms with Crippen molar-refractivity contribution in [2.75, 3.05) is 39.8 Å². The van der Waals surface area contributed by atoms with Crippen molar-refractivity contribution < 1.29 is 14.1 Å². The van der Waals surface area contributed by atoms with Crippen LogP contribution in [0.5, 0.6) is 0 Å². The van der Waals surface area contributed by atoms with Crippen LogP contribution in [0.3, 0.4) is 0 Å². The van der Waals surface area contributed by atoms with E-state index in [4.69, 9.17) is 9.26 Å². The first-order valence-electron chi connectivity index (χ1n) is 8.88. The zero-order valence-electron chi connectivity index (χ0n) is 15.7. The van der Waals surface area contributed by atoms with E-state index in [9.17, 15) is 4.79 Å². The van der Waals surface area contributed by atoms with Gasteiger partial charge in [-0.3, -0.25) is 9.79 Å². The van der Waals surface area contributed by atoms with E-state index in [1.165, 1.54) is 0 Å². The minimum Gasteiger partial charge on any atom is -0.368 e. The third-order valence-electron chi connectivity index (χ3n) is 4.91. The van der Waals surface area contributed by atoms with Gasteiger partial charge in [-0.05, 0) is 26.7 Å². The van der Waals surface area contributed by atoms with Crippen molar-refractivity contribution in [1.29, 1.82) is 0 Å². The summed E-state index contributed by atoms with van der Waals surface area (Å²) in [5.74, 6) is 1.80. The molecule has 0 radical (unpaired) electrons. The molecule has 9 heteroatoms. The summed E-state index contributed by atoms with van der Waals surface area (Å²) in [6.07, 6.45) is 1.59. The lowest BCUT2D eigenvalue weighted by atomic mass is 10.2. The topological polar surface area (TPSA) is 83.2 Å². The van der Waals surface area contributed by atoms with Gasteiger partial charge >= 0.3 is 0 Å². The van der Waals surface area contributed by atoms with E-state index in [1.807, 2.05) is 18.7 Å². The number of halogens is 1. The maximum atomic E-state index is 12.4. The number of aliphatic imine (C=N–C) groups is 1. The van der Waals surface area contributed by atoms with Gasteiger partial charge in [-0.2, -0.15) is 0 Å². The van der Waals surface area contributed by atoms with E-state index >= 15 is 0 Å². The van der Waals surface area contributed by atoms with Crippen LogP contribution in [-0.4, -0.2) is 72.8 Å². The molecular weight excluding hydrogens is 449 g/mol. The largest absolute Gasteiger partial charge is 0.368 e. The van der Waals surface area contributed by atoms with Crippen molar-refractivity contribution in [2.45, 2.75) is 39.3 Å². The van der Waals surface area contributed by atoms with Gasteiger partial charge in [0.25, 0.3) is 5.91 Å². The van der Waals surface area contributed by atoms with Crippen LogP contribution in [0.2, 0.25) is 0 Å². The summed E-state index contributed by atoms with van der Waals surface area (Å²) < 4.78 is 10.7. The molecule has 1 aromatic rings. The van der Waals surface area contributed by atoms with Crippen LogP contribution in [-0.2, 0) is 16.1 Å². The molecule has 3 rings (SSSR count). The van der Waals surface area contributed by atoms with Gasteiger partial charge in [0.15, 0.2) is 5.96 Å². The second-order valence-electron chi connectivity index (χ2n) is 6.52. The quantitative estimate of drug-likeness (QED) is 0.402. The Hall–Kier alpha value is -1.36. The van der Waals surface area contributed by atoms with E-state index in [0.29, 0.717) is 26.2 Å². The van der Waals surface area contributed by atoms with E-state index in [1.54, 1.807) is 7.05 Å². The lowest BCUT2D eigenvalue weighted by molar-refractivity contribution is -0.142. The molecule has 3 heterocycles. The Morgan fingerprint density at radius 3 is 2.50 bits per heavy atom. The predicted molar refractivity (Wildman–Crippen MR) is 109 cm³/mol. The molecule has 0 aliphatic carbocycles. The molecule has 8 nitrogen and oxygen atoms in total. The van der Waals surface area contributed by atoms with E-state index in [2.05, 4.69) is 20.4 Å². The van der Waals surface area contributed by atoms with Gasteiger partial charge < -0.3 is 24.4 Å². The first kappa shape index (κ1) is 20.9. The number of rotatable bonds is 3. The molecule has 0 spiro atoms. The number of aromatic nitrogens is 1. The highest BCUT2D eigenvalue weighted by atomic mass is 127. The second kappa shape index (κ2) is 9.54. The average Bonchev–Trinajstić information content (AvgIpc) is 3.27. The molecule has 2 aliphatic heterocycles. The number of piperazine rings is 1. The average molecular weight is 477 g/mol. The number of hydrogen-bond donors (Lipinski definition) is 1. The molecule has 1 unspecified atom stereocenters. The van der Waals surface area contributed by atoms with Gasteiger partial charge in [-0.1, -0.05) is 5.16 Å². The molecule has 1 amide bonds. The highest BCUT2D eigenvalue weighted by molar-refractivity contribution is 14.0. The zero-order valence-corrected chi connectivity index (χ0v) is 18.0. The number of hydrogen-bond acceptors (Lipinski definition) is 5. The second-order valence-corrected chi connectivity index (χ2v) is 6.52. The number of guanidine groups is 1. The van der Waals surface area contributed by atoms with E-state index < -0.39 is 0 Å². The maximum Gasteiger partial charge on any atom is 0.251 e. The summed E-state index contributed by atoms with van der Waals surface area (Å²) in [5, 5.41) is 7.35. The number of nitrogens with one attached hydrogen (secondary N) is 1. The fourth-order valence-corrected chi connectivity index (χ4v) is 3.37. The van der Waals surface area contributed by atoms with E-state index in [-0.39, 0.29) is 36.0 Å². The molecule has 1 aromatic heterocycles. The Bertz CT molecular complexity index is 615. The lowest BCUT2D eigenvalue weighted by Crippen LogP contribution is -2.55. The van der Waals surface area contributed by atoms with Crippen LogP contribution in [0.1, 0.15) is 29.9 Å². The number of ether oxygens (including phenoxy) is 1. The van der Waals surface area contributed by atoms with Gasteiger partial charge in [0.1, 0.15) is 11.9 Å². The Labute approximate surface area is 171 Å². The normalized spacial score (nSPS) is 20.9. The number of aryl methyl sites for hydroxylation is 2. The van der Waals surface area contributed by atoms with Crippen LogP contribution in [0.15, 0.2) is 9.52 Å². The summed E-state index contributed by atoms with van der Waals surface area (Å²) >= 11 is 0. The van der Waals surface area contributed by atoms with Crippen molar-refractivity contribution in [3.05, 3.63) is 17.0 Å². The number of amides is 1. The molecular formula is C17H28IN5O3. The molecule has 2 saturated heterocycles. The fraction of sp³-hybridized carbons (Fsp3) is 0.706. The van der Waals surface area contributed by atoms with Crippen LogP contribution in [0.25, 0.3) is 0 Å². The van der Waals surface area contributed by atoms with Crippen molar-refractivity contribution in [2.24, 2.45) is 4.99 Å². The molecule has 0 aromatic carbocycles. The van der Waals surface area contributed by atoms with Crippen molar-refractivity contribution in [3.8, 4) is 0 Å². The summed E-state index contributed by atoms with van der Waals surface area (Å²) in [7, 11) is 1.78. The van der Waals surface area contributed by atoms with Gasteiger partial charge in [0.05, 0.1) is 5.69 Å². The molecule has 2 fully saturated rings. The fourth-order valence-electron chi connectivity index (χ4n) is 3.37. The monoisotopic (exact) mass is 477 g/mol. The Kier molecular flexibility index (Phi) is 7.69. The van der Waals surface area contributed by atoms with Crippen LogP contribution >= 0.6 is 24.0 Å². The molecule has 1 atom stereocenters. The number of carbonyl (C=O) groups excluding carboxylic acids is 1. The summed E-state index contributed by atoms with van der Waals surface area (Å²) in [4.78, 5) is 20.9. The minimum atomic E-state index is -0.233. The molecule has 0 bridgehead atoms. The molecule has 2 aliphatic rings. The van der Waals surface area contributed by atoms with Crippen molar-refractivity contribution in [3.63, 3.8) is 0 Å². The highest BCUT2D eigenvalue weighted by Crippen LogP contribution is 2.16. The number of carbonyl (C=O) groups is 1. The SMILES string of the molecule is CN=C(NCc1c(C)noc1C)N1CCN(C(=O)C2CCCO2)CC1.I. The third-order valence-corrected chi connectivity index (χ3v) is 4.91. The smallest absolute Gasteiger partial charge is 0.251 e. The van der Waals surface area contributed by atoms with Gasteiger partial charge in [-0.15, -0.1) is 24.0 Å². The van der Waals surface area contributed by atoms with Gasteiger partial charge in [-0.25, -0.2) is 0 Å². The first-order chi connectivity index (χ1) is 12.1. The van der Waals surface area contributed by atoms with Gasteiger partial charge in [0, 0.05) is 51.9 Å². The molecule has 26 heavy (non-hydrogen) atoms. The summed E-state index contributed by atoms with van der Waals surface area (Å²) in [6, 6.07) is 0. The molecule has 146 valence electrons. The number of nitrogens with zero attached hydrogens (tertiary/aromatic N) is 4. The summed E-state index contributed by atoms with van der Waals surface area (Å²) in [6.45, 7) is 8.10. The third kappa shape index (κ3) is 4.67. The van der Waals surface area contributed by atoms with Gasteiger partial charge in [0.2, 0.25) is 0 Å². The zero-order chi connectivity index (χ0) is 17.8. The standard InChI is InChI=1S/C17H27N5O3.HI/c1-12-14(13(2)25-20-12)11-19-17(18-3)22-8-6-21(7-9-22)16(23)15-5-4-10-24-15;/h15H,4-11H2,1-3H3,(H,18,19);1H. The minimum absolute atomic E-state index is 0. The lowest BCUT2D eigenvalue weighted by Gasteiger charge is -2.37. The Balaban J connectivity index is 0.00000243. The maximum absolute atomic E-state index is 12.4. The molecule has 1 N–H and O–H groups in total. The Morgan fingerprint density at radius 1 is 1.27 bits per heavy atom. The summed E-state index contributed by atoms with van der Waals surface area (Å²) in [5.41, 5.74) is 1.96. The van der Waals surface area contributed by atoms with Crippen molar-refractivity contribution >= 4 is 35.8 Å². The van der Waals surface area contributed by atoms with Crippen molar-refractivity contribution in [1.82, 2.24) is 20.3 Å². The van der Waals surface area contributed by atoms with Crippen LogP contribution < -0.4 is 5.32 Å². The highest BCUT2D eigenvalue weighted by Gasteiger charge is 2.30. The van der Waals surface area contributed by atoms with Crippen LogP contribution in [0.4, 0.5) is 0 Å².